The summed E-state index contributed by atoms with van der Waals surface area (Å²) in [4.78, 5) is 23.2. The van der Waals surface area contributed by atoms with Crippen molar-refractivity contribution in [3.05, 3.63) is 57.6 Å². The number of carbonyl (C=O) groups is 1. The van der Waals surface area contributed by atoms with Crippen molar-refractivity contribution in [1.29, 1.82) is 0 Å². The van der Waals surface area contributed by atoms with E-state index in [0.717, 1.165) is 0 Å². The Kier molecular flexibility index (Phi) is 7.56. The number of nitro benzene ring substituents is 1. The Morgan fingerprint density at radius 3 is 2.46 bits per heavy atom. The van der Waals surface area contributed by atoms with Crippen LogP contribution in [-0.4, -0.2) is 37.4 Å². The third-order valence-electron chi connectivity index (χ3n) is 3.81. The zero-order chi connectivity index (χ0) is 20.7. The normalized spacial score (nSPS) is 10.6. The maximum absolute atomic E-state index is 12.6. The van der Waals surface area contributed by atoms with Crippen molar-refractivity contribution in [3.63, 3.8) is 0 Å². The van der Waals surface area contributed by atoms with E-state index in [1.165, 1.54) is 38.5 Å². The fourth-order valence-electron chi connectivity index (χ4n) is 2.54. The van der Waals surface area contributed by atoms with Gasteiger partial charge in [-0.3, -0.25) is 14.9 Å². The summed E-state index contributed by atoms with van der Waals surface area (Å²) in [5.74, 6) is -2.64. The molecule has 10 heteroatoms. The van der Waals surface area contributed by atoms with Crippen LogP contribution in [0, 0.1) is 10.1 Å². The summed E-state index contributed by atoms with van der Waals surface area (Å²) < 4.78 is 35.5. The van der Waals surface area contributed by atoms with Crippen LogP contribution in [0.5, 0.6) is 11.5 Å². The molecule has 0 aliphatic rings. The average molecular weight is 412 g/mol. The van der Waals surface area contributed by atoms with Gasteiger partial charge in [-0.05, 0) is 24.6 Å². The highest BCUT2D eigenvalue weighted by Crippen LogP contribution is 2.34. The van der Waals surface area contributed by atoms with E-state index in [1.807, 2.05) is 0 Å². The van der Waals surface area contributed by atoms with Gasteiger partial charge in [0.05, 0.1) is 30.8 Å². The third-order valence-corrected chi connectivity index (χ3v) is 4.60. The summed E-state index contributed by atoms with van der Waals surface area (Å²) in [5.41, 5.74) is 0.299. The number of methoxy groups -OCH3 is 2. The van der Waals surface area contributed by atoms with E-state index in [9.17, 15) is 23.7 Å². The molecule has 2 aromatic rings. The lowest BCUT2D eigenvalue weighted by molar-refractivity contribution is -0.385. The predicted octanol–water partition coefficient (Wildman–Crippen LogP) is 3.90. The molecule has 1 N–H and O–H groups in total. The molecule has 0 saturated heterocycles. The lowest BCUT2D eigenvalue weighted by Crippen LogP contribution is -2.26. The van der Waals surface area contributed by atoms with E-state index in [1.54, 1.807) is 12.1 Å². The second-order valence-electron chi connectivity index (χ2n) is 5.47. The number of nitrogens with zero attached hydrogens (tertiary/aromatic N) is 1. The first kappa shape index (κ1) is 21.4. The van der Waals surface area contributed by atoms with Crippen molar-refractivity contribution in [1.82, 2.24) is 5.32 Å². The molecule has 0 unspecified atom stereocenters. The largest absolute Gasteiger partial charge is 0.493 e. The topological polar surface area (TPSA) is 90.7 Å². The monoisotopic (exact) mass is 412 g/mol. The number of carbonyl (C=O) groups excluding carboxylic acids is 1. The Balaban J connectivity index is 2.13. The van der Waals surface area contributed by atoms with Gasteiger partial charge in [-0.15, -0.1) is 0 Å². The van der Waals surface area contributed by atoms with Crippen molar-refractivity contribution < 1.29 is 28.0 Å². The maximum atomic E-state index is 12.6. The first-order valence-corrected chi connectivity index (χ1v) is 8.96. The van der Waals surface area contributed by atoms with Crippen LogP contribution in [0.2, 0.25) is 0 Å². The number of hydrogen-bond donors (Lipinski definition) is 1. The molecule has 0 fully saturated rings. The molecule has 0 heterocycles. The number of benzene rings is 2. The summed E-state index contributed by atoms with van der Waals surface area (Å²) in [5, 5.41) is 13.9. The minimum atomic E-state index is -2.65. The van der Waals surface area contributed by atoms with Crippen LogP contribution in [0.4, 0.5) is 14.5 Å². The molecule has 0 saturated carbocycles. The molecule has 150 valence electrons. The van der Waals surface area contributed by atoms with Gasteiger partial charge in [0.1, 0.15) is 0 Å². The number of nitro groups is 1. The van der Waals surface area contributed by atoms with Gasteiger partial charge in [-0.1, -0.05) is 23.9 Å². The molecule has 2 rings (SSSR count). The van der Waals surface area contributed by atoms with E-state index in [4.69, 9.17) is 9.47 Å². The first-order valence-electron chi connectivity index (χ1n) is 8.08. The number of alkyl halides is 2. The number of ether oxygens (including phenoxy) is 2. The van der Waals surface area contributed by atoms with Crippen molar-refractivity contribution in [2.45, 2.75) is 17.1 Å². The van der Waals surface area contributed by atoms with Gasteiger partial charge in [0.25, 0.3) is 17.4 Å². The molecule has 0 aliphatic carbocycles. The Labute approximate surface area is 164 Å². The number of nitrogens with one attached hydrogen (secondary N) is 1. The SMILES string of the molecule is COc1cc(CCNC(=O)c2ccccc2SC(F)F)c([N+](=O)[O-])cc1OC. The molecular weight excluding hydrogens is 394 g/mol. The number of amides is 1. The summed E-state index contributed by atoms with van der Waals surface area (Å²) in [6.07, 6.45) is 0.145. The van der Waals surface area contributed by atoms with Crippen LogP contribution in [-0.2, 0) is 6.42 Å². The van der Waals surface area contributed by atoms with E-state index in [-0.39, 0.29) is 46.6 Å². The Bertz CT molecular complexity index is 864. The fourth-order valence-corrected chi connectivity index (χ4v) is 3.18. The minimum Gasteiger partial charge on any atom is -0.493 e. The summed E-state index contributed by atoms with van der Waals surface area (Å²) >= 11 is 0.285. The van der Waals surface area contributed by atoms with Crippen LogP contribution in [0.25, 0.3) is 0 Å². The second-order valence-corrected chi connectivity index (χ2v) is 6.51. The summed E-state index contributed by atoms with van der Waals surface area (Å²) in [6.45, 7) is 0.0723. The number of thioether (sulfide) groups is 1. The van der Waals surface area contributed by atoms with Gasteiger partial charge in [-0.2, -0.15) is 8.78 Å². The Morgan fingerprint density at radius 1 is 1.21 bits per heavy atom. The van der Waals surface area contributed by atoms with Crippen LogP contribution < -0.4 is 14.8 Å². The van der Waals surface area contributed by atoms with Crippen molar-refractivity contribution in [3.8, 4) is 11.5 Å². The summed E-state index contributed by atoms with van der Waals surface area (Å²) in [7, 11) is 2.78. The molecule has 0 atom stereocenters. The van der Waals surface area contributed by atoms with Crippen LogP contribution in [0.15, 0.2) is 41.3 Å². The predicted molar refractivity (Wildman–Crippen MR) is 101 cm³/mol. The van der Waals surface area contributed by atoms with Crippen molar-refractivity contribution >= 4 is 23.4 Å². The quantitative estimate of drug-likeness (QED) is 0.382. The zero-order valence-electron chi connectivity index (χ0n) is 15.1. The van der Waals surface area contributed by atoms with Gasteiger partial charge < -0.3 is 14.8 Å². The molecule has 0 radical (unpaired) electrons. The van der Waals surface area contributed by atoms with Crippen LogP contribution in [0.1, 0.15) is 15.9 Å². The second kappa shape index (κ2) is 9.88. The standard InChI is InChI=1S/C18H18F2N2O5S/c1-26-14-9-11(13(22(24)25)10-15(14)27-2)7-8-21-17(23)12-5-3-4-6-16(12)28-18(19)20/h3-6,9-10,18H,7-8H2,1-2H3,(H,21,23). The van der Waals surface area contributed by atoms with Gasteiger partial charge in [-0.25, -0.2) is 0 Å². The van der Waals surface area contributed by atoms with E-state index >= 15 is 0 Å². The number of rotatable bonds is 9. The fraction of sp³-hybridized carbons (Fsp3) is 0.278. The lowest BCUT2D eigenvalue weighted by atomic mass is 10.1. The highest BCUT2D eigenvalue weighted by molar-refractivity contribution is 7.99. The van der Waals surface area contributed by atoms with Gasteiger partial charge in [0.2, 0.25) is 0 Å². The van der Waals surface area contributed by atoms with Crippen molar-refractivity contribution in [2.24, 2.45) is 0 Å². The van der Waals surface area contributed by atoms with Crippen molar-refractivity contribution in [2.75, 3.05) is 20.8 Å². The average Bonchev–Trinajstić information content (AvgIpc) is 2.67. The van der Waals surface area contributed by atoms with E-state index in [2.05, 4.69) is 5.32 Å². The number of halogens is 2. The molecule has 0 aromatic heterocycles. The van der Waals surface area contributed by atoms with Gasteiger partial charge >= 0.3 is 0 Å². The lowest BCUT2D eigenvalue weighted by Gasteiger charge is -2.12. The van der Waals surface area contributed by atoms with Crippen LogP contribution in [0.3, 0.4) is 0 Å². The Morgan fingerprint density at radius 2 is 1.86 bits per heavy atom. The molecular formula is C18H18F2N2O5S. The number of hydrogen-bond acceptors (Lipinski definition) is 6. The molecule has 2 aromatic carbocycles. The van der Waals surface area contributed by atoms with E-state index in [0.29, 0.717) is 11.3 Å². The van der Waals surface area contributed by atoms with Gasteiger partial charge in [0, 0.05) is 17.0 Å². The highest BCUT2D eigenvalue weighted by atomic mass is 32.2. The third kappa shape index (κ3) is 5.32. The van der Waals surface area contributed by atoms with Gasteiger partial charge in [0.15, 0.2) is 11.5 Å². The molecule has 7 nitrogen and oxygen atoms in total. The minimum absolute atomic E-state index is 0.0723. The Hall–Kier alpha value is -2.88. The molecule has 0 spiro atoms. The zero-order valence-corrected chi connectivity index (χ0v) is 15.9. The molecule has 1 amide bonds. The maximum Gasteiger partial charge on any atom is 0.288 e. The van der Waals surface area contributed by atoms with Crippen LogP contribution >= 0.6 is 11.8 Å². The summed E-state index contributed by atoms with van der Waals surface area (Å²) in [6, 6.07) is 8.75. The first-order chi connectivity index (χ1) is 13.4. The highest BCUT2D eigenvalue weighted by Gasteiger charge is 2.20. The molecule has 0 aliphatic heterocycles. The molecule has 28 heavy (non-hydrogen) atoms. The molecule has 0 bridgehead atoms. The smallest absolute Gasteiger partial charge is 0.288 e. The van der Waals surface area contributed by atoms with E-state index < -0.39 is 16.6 Å².